The van der Waals surface area contributed by atoms with Gasteiger partial charge in [0, 0.05) is 24.0 Å². The van der Waals surface area contributed by atoms with E-state index in [-0.39, 0.29) is 6.61 Å². The molecule has 0 aliphatic carbocycles. The molecule has 92 valence electrons. The molecule has 2 heterocycles. The Bertz CT molecular complexity index is 592. The van der Waals surface area contributed by atoms with Crippen LogP contribution in [0.25, 0.3) is 10.9 Å². The average Bonchev–Trinajstić information content (AvgIpc) is 2.46. The molecule has 2 aromatic rings. The summed E-state index contributed by atoms with van der Waals surface area (Å²) >= 11 is 0. The minimum absolute atomic E-state index is 0.0351. The summed E-state index contributed by atoms with van der Waals surface area (Å²) in [5.74, 6) is 0.917. The predicted octanol–water partition coefficient (Wildman–Crippen LogP) is 2.49. The van der Waals surface area contributed by atoms with E-state index in [4.69, 9.17) is 4.98 Å². The quantitative estimate of drug-likeness (QED) is 0.819. The summed E-state index contributed by atoms with van der Waals surface area (Å²) in [6, 6.07) is 10.1. The number of aliphatic hydroxyl groups is 1. The van der Waals surface area contributed by atoms with Crippen molar-refractivity contribution in [3.63, 3.8) is 0 Å². The van der Waals surface area contributed by atoms with Crippen molar-refractivity contribution < 1.29 is 5.11 Å². The van der Waals surface area contributed by atoms with E-state index >= 15 is 0 Å². The smallest absolute Gasteiger partial charge is 0.135 e. The second kappa shape index (κ2) is 4.78. The van der Waals surface area contributed by atoms with Gasteiger partial charge in [0.25, 0.3) is 0 Å². The number of hydrogen-bond donors (Lipinski definition) is 1. The molecular weight excluding hydrogens is 224 g/mol. The summed E-state index contributed by atoms with van der Waals surface area (Å²) in [4.78, 5) is 6.92. The zero-order valence-electron chi connectivity index (χ0n) is 10.2. The van der Waals surface area contributed by atoms with Crippen LogP contribution in [0.3, 0.4) is 0 Å². The van der Waals surface area contributed by atoms with Crippen molar-refractivity contribution in [1.29, 1.82) is 0 Å². The highest BCUT2D eigenvalue weighted by molar-refractivity contribution is 5.81. The highest BCUT2D eigenvalue weighted by Crippen LogP contribution is 2.24. The molecule has 1 aliphatic heterocycles. The molecule has 0 fully saturated rings. The molecule has 1 N–H and O–H groups in total. The molecular formula is C15H16N2O. The molecule has 0 radical (unpaired) electrons. The molecule has 18 heavy (non-hydrogen) atoms. The Labute approximate surface area is 106 Å². The maximum Gasteiger partial charge on any atom is 0.135 e. The van der Waals surface area contributed by atoms with E-state index in [1.54, 1.807) is 0 Å². The zero-order chi connectivity index (χ0) is 12.4. The first-order valence-corrected chi connectivity index (χ1v) is 6.28. The van der Waals surface area contributed by atoms with Crippen LogP contribution in [0.1, 0.15) is 12.0 Å². The number of para-hydroxylation sites is 1. The summed E-state index contributed by atoms with van der Waals surface area (Å²) in [5.41, 5.74) is 1.89. The van der Waals surface area contributed by atoms with E-state index in [0.29, 0.717) is 0 Å². The van der Waals surface area contributed by atoms with Crippen molar-refractivity contribution in [3.8, 4) is 0 Å². The SMILES string of the molecule is OCc1cc2ccccc2nc1N1CC=CCC1. The van der Waals surface area contributed by atoms with E-state index in [1.165, 1.54) is 0 Å². The fourth-order valence-electron chi connectivity index (χ4n) is 2.37. The van der Waals surface area contributed by atoms with E-state index < -0.39 is 0 Å². The first-order valence-electron chi connectivity index (χ1n) is 6.28. The number of rotatable bonds is 2. The third-order valence-electron chi connectivity index (χ3n) is 3.31. The van der Waals surface area contributed by atoms with Crippen LogP contribution in [0.2, 0.25) is 0 Å². The molecule has 0 spiro atoms. The number of benzene rings is 1. The van der Waals surface area contributed by atoms with Gasteiger partial charge < -0.3 is 10.0 Å². The monoisotopic (exact) mass is 240 g/mol. The predicted molar refractivity (Wildman–Crippen MR) is 73.6 cm³/mol. The van der Waals surface area contributed by atoms with Crippen LogP contribution in [0.4, 0.5) is 5.82 Å². The lowest BCUT2D eigenvalue weighted by molar-refractivity contribution is 0.282. The van der Waals surface area contributed by atoms with Gasteiger partial charge in [-0.2, -0.15) is 0 Å². The molecule has 0 saturated heterocycles. The van der Waals surface area contributed by atoms with E-state index in [2.05, 4.69) is 17.1 Å². The maximum atomic E-state index is 9.52. The largest absolute Gasteiger partial charge is 0.392 e. The van der Waals surface area contributed by atoms with Gasteiger partial charge in [-0.05, 0) is 18.6 Å². The van der Waals surface area contributed by atoms with Gasteiger partial charge in [0.05, 0.1) is 12.1 Å². The number of hydrogen-bond acceptors (Lipinski definition) is 3. The van der Waals surface area contributed by atoms with Crippen molar-refractivity contribution in [1.82, 2.24) is 4.98 Å². The number of fused-ring (bicyclic) bond motifs is 1. The fraction of sp³-hybridized carbons (Fsp3) is 0.267. The summed E-state index contributed by atoms with van der Waals surface area (Å²) in [5, 5.41) is 10.6. The number of anilines is 1. The molecule has 3 heteroatoms. The summed E-state index contributed by atoms with van der Waals surface area (Å²) in [7, 11) is 0. The summed E-state index contributed by atoms with van der Waals surface area (Å²) in [6.07, 6.45) is 5.39. The van der Waals surface area contributed by atoms with Crippen molar-refractivity contribution in [2.24, 2.45) is 0 Å². The lowest BCUT2D eigenvalue weighted by Gasteiger charge is -2.26. The lowest BCUT2D eigenvalue weighted by atomic mass is 10.1. The van der Waals surface area contributed by atoms with Gasteiger partial charge in [-0.15, -0.1) is 0 Å². The number of pyridine rings is 1. The van der Waals surface area contributed by atoms with Gasteiger partial charge in [-0.3, -0.25) is 0 Å². The zero-order valence-corrected chi connectivity index (χ0v) is 10.2. The highest BCUT2D eigenvalue weighted by atomic mass is 16.3. The molecule has 1 aromatic heterocycles. The van der Waals surface area contributed by atoms with Crippen LogP contribution in [0.5, 0.6) is 0 Å². The van der Waals surface area contributed by atoms with Crippen LogP contribution in [-0.4, -0.2) is 23.2 Å². The Morgan fingerprint density at radius 1 is 1.22 bits per heavy atom. The third kappa shape index (κ3) is 1.97. The van der Waals surface area contributed by atoms with Crippen molar-refractivity contribution in [2.45, 2.75) is 13.0 Å². The van der Waals surface area contributed by atoms with E-state index in [1.807, 2.05) is 30.3 Å². The molecule has 3 nitrogen and oxygen atoms in total. The average molecular weight is 240 g/mol. The van der Waals surface area contributed by atoms with Gasteiger partial charge >= 0.3 is 0 Å². The first-order chi connectivity index (χ1) is 8.88. The summed E-state index contributed by atoms with van der Waals surface area (Å²) < 4.78 is 0. The number of aromatic nitrogens is 1. The minimum Gasteiger partial charge on any atom is -0.392 e. The minimum atomic E-state index is 0.0351. The second-order valence-electron chi connectivity index (χ2n) is 4.53. The van der Waals surface area contributed by atoms with Crippen molar-refractivity contribution >= 4 is 16.7 Å². The Morgan fingerprint density at radius 2 is 2.11 bits per heavy atom. The van der Waals surface area contributed by atoms with Gasteiger partial charge in [0.2, 0.25) is 0 Å². The fourth-order valence-corrected chi connectivity index (χ4v) is 2.37. The number of nitrogens with zero attached hydrogens (tertiary/aromatic N) is 2. The molecule has 0 atom stereocenters. The van der Waals surface area contributed by atoms with Gasteiger partial charge in [-0.25, -0.2) is 4.98 Å². The van der Waals surface area contributed by atoms with Crippen LogP contribution >= 0.6 is 0 Å². The highest BCUT2D eigenvalue weighted by Gasteiger charge is 2.14. The number of aliphatic hydroxyl groups excluding tert-OH is 1. The van der Waals surface area contributed by atoms with Gasteiger partial charge in [0.15, 0.2) is 0 Å². The molecule has 0 unspecified atom stereocenters. The lowest BCUT2D eigenvalue weighted by Crippen LogP contribution is -2.28. The molecule has 0 saturated carbocycles. The Morgan fingerprint density at radius 3 is 2.89 bits per heavy atom. The van der Waals surface area contributed by atoms with Crippen LogP contribution in [0.15, 0.2) is 42.5 Å². The normalized spacial score (nSPS) is 15.3. The van der Waals surface area contributed by atoms with E-state index in [9.17, 15) is 5.11 Å². The Kier molecular flexibility index (Phi) is 2.99. The van der Waals surface area contributed by atoms with Crippen molar-refractivity contribution in [2.75, 3.05) is 18.0 Å². The van der Waals surface area contributed by atoms with Crippen molar-refractivity contribution in [3.05, 3.63) is 48.0 Å². The van der Waals surface area contributed by atoms with Gasteiger partial charge in [0.1, 0.15) is 5.82 Å². The van der Waals surface area contributed by atoms with Crippen LogP contribution in [-0.2, 0) is 6.61 Å². The third-order valence-corrected chi connectivity index (χ3v) is 3.31. The molecule has 1 aliphatic rings. The first kappa shape index (κ1) is 11.2. The Hall–Kier alpha value is -1.87. The van der Waals surface area contributed by atoms with Crippen LogP contribution < -0.4 is 4.90 Å². The second-order valence-corrected chi connectivity index (χ2v) is 4.53. The summed E-state index contributed by atoms with van der Waals surface area (Å²) in [6.45, 7) is 1.88. The topological polar surface area (TPSA) is 36.4 Å². The van der Waals surface area contributed by atoms with E-state index in [0.717, 1.165) is 41.8 Å². The molecule has 1 aromatic carbocycles. The Balaban J connectivity index is 2.11. The van der Waals surface area contributed by atoms with Gasteiger partial charge in [-0.1, -0.05) is 30.4 Å². The molecule has 0 bridgehead atoms. The molecule has 3 rings (SSSR count). The maximum absolute atomic E-state index is 9.52. The standard InChI is InChI=1S/C15H16N2O/c18-11-13-10-12-6-2-3-7-14(12)16-15(13)17-8-4-1-5-9-17/h1-4,6-7,10,18H,5,8-9,11H2. The van der Waals surface area contributed by atoms with Crippen LogP contribution in [0, 0.1) is 0 Å². The molecule has 0 amide bonds.